The SMILES string of the molecule is COc1c2c(c(O)c3c1C(=O)c1c(cc(O)c(C)c1O)C3=O)-c1c(cc(CN)c(C(=O)O)c1O)CC2. The molecule has 0 atom stereocenters. The van der Waals surface area contributed by atoms with E-state index in [0.29, 0.717) is 17.5 Å². The lowest BCUT2D eigenvalue weighted by atomic mass is 9.74. The average Bonchev–Trinajstić information content (AvgIpc) is 2.84. The van der Waals surface area contributed by atoms with E-state index in [1.807, 2.05) is 0 Å². The Kier molecular flexibility index (Phi) is 4.97. The molecule has 184 valence electrons. The summed E-state index contributed by atoms with van der Waals surface area (Å²) in [5, 5.41) is 52.9. The maximum atomic E-state index is 13.6. The summed E-state index contributed by atoms with van der Waals surface area (Å²) in [5.41, 5.74) is 4.94. The molecule has 0 amide bonds. The number of phenolic OH excluding ortho intramolecular Hbond substituents is 3. The number of carboxylic acids is 1. The standard InChI is InChI=1S/C26H21NO9/c1-8-13(28)6-12-17(20(8)29)24(33)19-18(21(12)30)23(32)16-11(25(19)36-2)4-3-9-5-10(7-27)15(26(34)35)22(31)14(9)16/h5-6,28-29,31-32H,3-4,7,27H2,1-2H3,(H,34,35). The predicted molar refractivity (Wildman–Crippen MR) is 125 cm³/mol. The topological polar surface area (TPSA) is 188 Å². The van der Waals surface area contributed by atoms with Crippen LogP contribution < -0.4 is 10.5 Å². The van der Waals surface area contributed by atoms with Crippen LogP contribution in [0.2, 0.25) is 0 Å². The maximum Gasteiger partial charge on any atom is 0.339 e. The molecule has 7 N–H and O–H groups in total. The lowest BCUT2D eigenvalue weighted by Gasteiger charge is -2.30. The molecule has 0 radical (unpaired) electrons. The van der Waals surface area contributed by atoms with Crippen LogP contribution in [0.1, 0.15) is 64.5 Å². The van der Waals surface area contributed by atoms with Crippen molar-refractivity contribution < 1.29 is 44.7 Å². The minimum atomic E-state index is -1.42. The summed E-state index contributed by atoms with van der Waals surface area (Å²) in [7, 11) is 1.28. The van der Waals surface area contributed by atoms with Crippen molar-refractivity contribution in [3.63, 3.8) is 0 Å². The second-order valence-electron chi connectivity index (χ2n) is 8.74. The third-order valence-corrected chi connectivity index (χ3v) is 6.98. The molecule has 10 heteroatoms. The van der Waals surface area contributed by atoms with E-state index in [9.17, 15) is 39.9 Å². The van der Waals surface area contributed by atoms with Gasteiger partial charge in [0.1, 0.15) is 34.3 Å². The van der Waals surface area contributed by atoms with Gasteiger partial charge in [-0.1, -0.05) is 6.07 Å². The fraction of sp³-hybridized carbons (Fsp3) is 0.192. The van der Waals surface area contributed by atoms with Crippen LogP contribution in [-0.2, 0) is 19.4 Å². The molecule has 5 rings (SSSR count). The number of fused-ring (bicyclic) bond motifs is 5. The van der Waals surface area contributed by atoms with E-state index in [1.54, 1.807) is 0 Å². The Labute approximate surface area is 203 Å². The van der Waals surface area contributed by atoms with Gasteiger partial charge in [0.2, 0.25) is 5.78 Å². The molecule has 0 saturated heterocycles. The van der Waals surface area contributed by atoms with Gasteiger partial charge in [0.05, 0.1) is 23.8 Å². The molecule has 0 bridgehead atoms. The van der Waals surface area contributed by atoms with Crippen molar-refractivity contribution in [2.75, 3.05) is 7.11 Å². The molecule has 0 unspecified atom stereocenters. The summed E-state index contributed by atoms with van der Waals surface area (Å²) in [6, 6.07) is 2.58. The number of ether oxygens (including phenoxy) is 1. The monoisotopic (exact) mass is 491 g/mol. The summed E-state index contributed by atoms with van der Waals surface area (Å²) in [5.74, 6) is -5.33. The number of benzene rings is 3. The lowest BCUT2D eigenvalue weighted by Crippen LogP contribution is -2.24. The fourth-order valence-electron chi connectivity index (χ4n) is 5.28. The summed E-state index contributed by atoms with van der Waals surface area (Å²) < 4.78 is 5.54. The minimum absolute atomic E-state index is 0.00472. The molecule has 36 heavy (non-hydrogen) atoms. The maximum absolute atomic E-state index is 13.6. The molecule has 0 heterocycles. The van der Waals surface area contributed by atoms with Gasteiger partial charge in [-0.3, -0.25) is 9.59 Å². The van der Waals surface area contributed by atoms with Gasteiger partial charge in [-0.15, -0.1) is 0 Å². The number of aromatic carboxylic acids is 1. The lowest BCUT2D eigenvalue weighted by molar-refractivity contribution is 0.0692. The van der Waals surface area contributed by atoms with Gasteiger partial charge in [0.15, 0.2) is 5.78 Å². The van der Waals surface area contributed by atoms with Gasteiger partial charge in [-0.2, -0.15) is 0 Å². The van der Waals surface area contributed by atoms with Crippen LogP contribution in [0.3, 0.4) is 0 Å². The number of carbonyl (C=O) groups is 3. The first-order valence-corrected chi connectivity index (χ1v) is 11.0. The van der Waals surface area contributed by atoms with Crippen LogP contribution in [0.15, 0.2) is 12.1 Å². The Morgan fingerprint density at radius 2 is 1.61 bits per heavy atom. The molecular weight excluding hydrogens is 470 g/mol. The zero-order chi connectivity index (χ0) is 26.2. The van der Waals surface area contributed by atoms with Crippen molar-refractivity contribution >= 4 is 17.5 Å². The number of phenols is 4. The number of carbonyl (C=O) groups excluding carboxylic acids is 2. The minimum Gasteiger partial charge on any atom is -0.508 e. The second kappa shape index (κ2) is 7.72. The number of hydrogen-bond donors (Lipinski definition) is 6. The van der Waals surface area contributed by atoms with Gasteiger partial charge in [-0.05, 0) is 37.0 Å². The van der Waals surface area contributed by atoms with Crippen LogP contribution in [0, 0.1) is 6.92 Å². The van der Waals surface area contributed by atoms with E-state index < -0.39 is 51.7 Å². The first-order chi connectivity index (χ1) is 17.0. The molecular formula is C26H21NO9. The van der Waals surface area contributed by atoms with Crippen LogP contribution in [0.5, 0.6) is 28.7 Å². The summed E-state index contributed by atoms with van der Waals surface area (Å²) in [4.78, 5) is 39.0. The predicted octanol–water partition coefficient (Wildman–Crippen LogP) is 2.52. The number of methoxy groups -OCH3 is 1. The average molecular weight is 491 g/mol. The van der Waals surface area contributed by atoms with Gasteiger partial charge in [0, 0.05) is 34.4 Å². The smallest absolute Gasteiger partial charge is 0.339 e. The van der Waals surface area contributed by atoms with Gasteiger partial charge < -0.3 is 36.0 Å². The summed E-state index contributed by atoms with van der Waals surface area (Å²) in [6.07, 6.45) is 0.533. The highest BCUT2D eigenvalue weighted by atomic mass is 16.5. The molecule has 0 aliphatic heterocycles. The van der Waals surface area contributed by atoms with E-state index in [1.165, 1.54) is 20.1 Å². The van der Waals surface area contributed by atoms with Crippen LogP contribution in [-0.4, -0.2) is 50.2 Å². The number of carboxylic acid groups (broad SMARTS) is 1. The highest BCUT2D eigenvalue weighted by Crippen LogP contribution is 2.54. The second-order valence-corrected chi connectivity index (χ2v) is 8.74. The molecule has 0 spiro atoms. The Hall–Kier alpha value is -4.57. The van der Waals surface area contributed by atoms with Crippen LogP contribution >= 0.6 is 0 Å². The van der Waals surface area contributed by atoms with Crippen LogP contribution in [0.4, 0.5) is 0 Å². The van der Waals surface area contributed by atoms with E-state index in [0.717, 1.165) is 6.07 Å². The van der Waals surface area contributed by atoms with E-state index in [-0.39, 0.29) is 57.7 Å². The Balaban J connectivity index is 1.91. The molecule has 10 nitrogen and oxygen atoms in total. The van der Waals surface area contributed by atoms with E-state index in [4.69, 9.17) is 10.5 Å². The molecule has 0 fully saturated rings. The van der Waals surface area contributed by atoms with Crippen molar-refractivity contribution in [1.29, 1.82) is 0 Å². The third kappa shape index (κ3) is 2.78. The zero-order valence-electron chi connectivity index (χ0n) is 19.2. The molecule has 2 aliphatic rings. The van der Waals surface area contributed by atoms with Crippen molar-refractivity contribution in [3.8, 4) is 39.9 Å². The fourth-order valence-corrected chi connectivity index (χ4v) is 5.28. The third-order valence-electron chi connectivity index (χ3n) is 6.98. The zero-order valence-corrected chi connectivity index (χ0v) is 19.2. The van der Waals surface area contributed by atoms with Crippen molar-refractivity contribution in [2.24, 2.45) is 5.73 Å². The quantitative estimate of drug-likeness (QED) is 0.248. The number of hydrogen-bond acceptors (Lipinski definition) is 9. The Morgan fingerprint density at radius 1 is 0.917 bits per heavy atom. The largest absolute Gasteiger partial charge is 0.508 e. The number of aryl methyl sites for hydroxylation is 1. The molecule has 3 aromatic rings. The van der Waals surface area contributed by atoms with Crippen molar-refractivity contribution in [1.82, 2.24) is 0 Å². The van der Waals surface area contributed by atoms with Crippen LogP contribution in [0.25, 0.3) is 11.1 Å². The normalized spacial score (nSPS) is 13.5. The summed E-state index contributed by atoms with van der Waals surface area (Å²) in [6.45, 7) is 1.24. The highest BCUT2D eigenvalue weighted by molar-refractivity contribution is 6.32. The first-order valence-electron chi connectivity index (χ1n) is 11.0. The Bertz CT molecular complexity index is 1570. The molecule has 0 aromatic heterocycles. The molecule has 3 aromatic carbocycles. The van der Waals surface area contributed by atoms with Crippen molar-refractivity contribution in [3.05, 3.63) is 62.2 Å². The Morgan fingerprint density at radius 3 is 2.22 bits per heavy atom. The number of nitrogens with two attached hydrogens (primary N) is 1. The number of aromatic hydroxyl groups is 4. The first kappa shape index (κ1) is 23.2. The van der Waals surface area contributed by atoms with Gasteiger partial charge in [-0.25, -0.2) is 4.79 Å². The van der Waals surface area contributed by atoms with E-state index >= 15 is 0 Å². The van der Waals surface area contributed by atoms with Gasteiger partial charge in [0.25, 0.3) is 0 Å². The van der Waals surface area contributed by atoms with Crippen molar-refractivity contribution in [2.45, 2.75) is 26.3 Å². The number of rotatable bonds is 3. The molecule has 0 saturated carbocycles. The van der Waals surface area contributed by atoms with Gasteiger partial charge >= 0.3 is 5.97 Å². The molecule has 2 aliphatic carbocycles. The summed E-state index contributed by atoms with van der Waals surface area (Å²) >= 11 is 0. The highest BCUT2D eigenvalue weighted by Gasteiger charge is 2.42. The van der Waals surface area contributed by atoms with E-state index in [2.05, 4.69) is 0 Å². The number of ketones is 2.